The van der Waals surface area contributed by atoms with E-state index in [-0.39, 0.29) is 16.3 Å². The molecule has 30 heavy (non-hydrogen) atoms. The van der Waals surface area contributed by atoms with Crippen molar-refractivity contribution in [1.82, 2.24) is 4.98 Å². The van der Waals surface area contributed by atoms with Gasteiger partial charge in [0.1, 0.15) is 10.5 Å². The third-order valence-corrected chi connectivity index (χ3v) is 5.12. The van der Waals surface area contributed by atoms with Gasteiger partial charge in [0, 0.05) is 27.9 Å². The molecule has 1 amide bonds. The van der Waals surface area contributed by atoms with Gasteiger partial charge in [-0.05, 0) is 55.0 Å². The van der Waals surface area contributed by atoms with Gasteiger partial charge in [0.05, 0.1) is 4.92 Å². The standard InChI is InChI=1S/C21H13Cl2N3O4/c1-11-14(21-25-17-10-13(22)6-8-19(17)30-21)3-2-4-16(11)24-20(27)12-5-7-15(23)18(9-12)26(28)29/h2-10H,1H3,(H,24,27). The summed E-state index contributed by atoms with van der Waals surface area (Å²) in [5, 5.41) is 14.4. The molecule has 0 aliphatic carbocycles. The normalized spacial score (nSPS) is 10.9. The zero-order valence-electron chi connectivity index (χ0n) is 15.5. The first-order valence-corrected chi connectivity index (χ1v) is 9.50. The van der Waals surface area contributed by atoms with Crippen molar-refractivity contribution in [3.05, 3.63) is 85.9 Å². The number of oxazole rings is 1. The number of hydrogen-bond donors (Lipinski definition) is 1. The number of carbonyl (C=O) groups is 1. The van der Waals surface area contributed by atoms with Crippen molar-refractivity contribution in [2.45, 2.75) is 6.92 Å². The molecule has 4 aromatic rings. The number of halogens is 2. The monoisotopic (exact) mass is 441 g/mol. The molecule has 0 saturated heterocycles. The molecule has 150 valence electrons. The lowest BCUT2D eigenvalue weighted by molar-refractivity contribution is -0.384. The van der Waals surface area contributed by atoms with Crippen molar-refractivity contribution in [3.8, 4) is 11.5 Å². The van der Waals surface area contributed by atoms with Crippen LogP contribution in [0.25, 0.3) is 22.6 Å². The molecule has 0 unspecified atom stereocenters. The molecule has 0 saturated carbocycles. The average Bonchev–Trinajstić information content (AvgIpc) is 3.12. The second-order valence-electron chi connectivity index (χ2n) is 6.49. The summed E-state index contributed by atoms with van der Waals surface area (Å²) in [5.74, 6) is -0.109. The van der Waals surface area contributed by atoms with Crippen LogP contribution in [0.1, 0.15) is 15.9 Å². The van der Waals surface area contributed by atoms with E-state index in [1.54, 1.807) is 30.3 Å². The van der Waals surface area contributed by atoms with E-state index in [9.17, 15) is 14.9 Å². The minimum Gasteiger partial charge on any atom is -0.436 e. The Bertz CT molecular complexity index is 1320. The van der Waals surface area contributed by atoms with Crippen LogP contribution in [0, 0.1) is 17.0 Å². The highest BCUT2D eigenvalue weighted by molar-refractivity contribution is 6.32. The molecular weight excluding hydrogens is 429 g/mol. The molecule has 0 radical (unpaired) electrons. The first-order valence-electron chi connectivity index (χ1n) is 8.75. The highest BCUT2D eigenvalue weighted by atomic mass is 35.5. The highest BCUT2D eigenvalue weighted by Gasteiger charge is 2.18. The molecule has 0 bridgehead atoms. The van der Waals surface area contributed by atoms with E-state index in [2.05, 4.69) is 10.3 Å². The molecule has 0 spiro atoms. The number of nitrogens with one attached hydrogen (secondary N) is 1. The number of nitrogens with zero attached hydrogens (tertiary/aromatic N) is 2. The van der Waals surface area contributed by atoms with E-state index in [1.165, 1.54) is 12.1 Å². The number of aromatic nitrogens is 1. The van der Waals surface area contributed by atoms with Gasteiger partial charge < -0.3 is 9.73 Å². The Morgan fingerprint density at radius 2 is 1.93 bits per heavy atom. The fourth-order valence-electron chi connectivity index (χ4n) is 3.01. The molecular formula is C21H13Cl2N3O4. The van der Waals surface area contributed by atoms with Crippen LogP contribution in [0.3, 0.4) is 0 Å². The SMILES string of the molecule is Cc1c(NC(=O)c2ccc(Cl)c([N+](=O)[O-])c2)cccc1-c1nc2cc(Cl)ccc2o1. The first-order chi connectivity index (χ1) is 14.3. The number of benzene rings is 3. The van der Waals surface area contributed by atoms with Crippen LogP contribution < -0.4 is 5.32 Å². The molecule has 1 heterocycles. The first kappa shape index (κ1) is 19.9. The second-order valence-corrected chi connectivity index (χ2v) is 7.33. The van der Waals surface area contributed by atoms with Crippen LogP contribution in [-0.4, -0.2) is 15.8 Å². The Morgan fingerprint density at radius 3 is 2.70 bits per heavy atom. The Morgan fingerprint density at radius 1 is 1.13 bits per heavy atom. The summed E-state index contributed by atoms with van der Waals surface area (Å²) >= 11 is 11.8. The molecule has 3 aromatic carbocycles. The molecule has 0 aliphatic heterocycles. The van der Waals surface area contributed by atoms with Gasteiger partial charge in [-0.1, -0.05) is 29.3 Å². The summed E-state index contributed by atoms with van der Waals surface area (Å²) < 4.78 is 5.82. The molecule has 1 N–H and O–H groups in total. The highest BCUT2D eigenvalue weighted by Crippen LogP contribution is 2.32. The van der Waals surface area contributed by atoms with Gasteiger partial charge in [0.15, 0.2) is 5.58 Å². The summed E-state index contributed by atoms with van der Waals surface area (Å²) in [6.45, 7) is 1.82. The zero-order valence-corrected chi connectivity index (χ0v) is 17.0. The van der Waals surface area contributed by atoms with E-state index in [0.29, 0.717) is 33.3 Å². The van der Waals surface area contributed by atoms with Crippen molar-refractivity contribution in [2.24, 2.45) is 0 Å². The van der Waals surface area contributed by atoms with Gasteiger partial charge in [0.25, 0.3) is 11.6 Å². The van der Waals surface area contributed by atoms with Gasteiger partial charge in [-0.15, -0.1) is 0 Å². The molecule has 0 aliphatic rings. The maximum Gasteiger partial charge on any atom is 0.288 e. The maximum atomic E-state index is 12.6. The predicted molar refractivity (Wildman–Crippen MR) is 115 cm³/mol. The number of hydrogen-bond acceptors (Lipinski definition) is 5. The van der Waals surface area contributed by atoms with Crippen LogP contribution in [-0.2, 0) is 0 Å². The molecule has 0 fully saturated rings. The lowest BCUT2D eigenvalue weighted by Gasteiger charge is -2.11. The summed E-state index contributed by atoms with van der Waals surface area (Å²) in [5.41, 5.74) is 2.95. The summed E-state index contributed by atoms with van der Waals surface area (Å²) in [4.78, 5) is 27.6. The fourth-order valence-corrected chi connectivity index (χ4v) is 3.36. The van der Waals surface area contributed by atoms with Crippen molar-refractivity contribution < 1.29 is 14.1 Å². The smallest absolute Gasteiger partial charge is 0.288 e. The minimum atomic E-state index is -0.634. The number of anilines is 1. The van der Waals surface area contributed by atoms with Crippen LogP contribution in [0.4, 0.5) is 11.4 Å². The molecule has 4 rings (SSSR count). The molecule has 1 aromatic heterocycles. The number of amides is 1. The maximum absolute atomic E-state index is 12.6. The lowest BCUT2D eigenvalue weighted by Crippen LogP contribution is -2.13. The Kier molecular flexibility index (Phi) is 5.15. The van der Waals surface area contributed by atoms with E-state index < -0.39 is 10.8 Å². The Labute approximate surface area is 180 Å². The predicted octanol–water partition coefficient (Wildman–Crippen LogP) is 6.27. The van der Waals surface area contributed by atoms with E-state index in [1.807, 2.05) is 13.0 Å². The number of rotatable bonds is 4. The van der Waals surface area contributed by atoms with Crippen LogP contribution >= 0.6 is 23.2 Å². The van der Waals surface area contributed by atoms with E-state index in [4.69, 9.17) is 27.6 Å². The van der Waals surface area contributed by atoms with Crippen molar-refractivity contribution in [3.63, 3.8) is 0 Å². The Balaban J connectivity index is 1.67. The van der Waals surface area contributed by atoms with Gasteiger partial charge in [-0.25, -0.2) is 4.98 Å². The summed E-state index contributed by atoms with van der Waals surface area (Å²) in [6, 6.07) is 14.3. The average molecular weight is 442 g/mol. The van der Waals surface area contributed by atoms with E-state index in [0.717, 1.165) is 11.6 Å². The van der Waals surface area contributed by atoms with E-state index >= 15 is 0 Å². The largest absolute Gasteiger partial charge is 0.436 e. The van der Waals surface area contributed by atoms with Crippen molar-refractivity contribution in [1.29, 1.82) is 0 Å². The fraction of sp³-hybridized carbons (Fsp3) is 0.0476. The van der Waals surface area contributed by atoms with Crippen LogP contribution in [0.2, 0.25) is 10.0 Å². The van der Waals surface area contributed by atoms with Gasteiger partial charge in [0.2, 0.25) is 5.89 Å². The summed E-state index contributed by atoms with van der Waals surface area (Å²) in [6.07, 6.45) is 0. The lowest BCUT2D eigenvalue weighted by atomic mass is 10.1. The molecule has 9 heteroatoms. The second kappa shape index (κ2) is 7.78. The minimum absolute atomic E-state index is 0.0363. The van der Waals surface area contributed by atoms with Gasteiger partial charge in [-0.3, -0.25) is 14.9 Å². The zero-order chi connectivity index (χ0) is 21.4. The van der Waals surface area contributed by atoms with Gasteiger partial charge in [-0.2, -0.15) is 0 Å². The molecule has 0 atom stereocenters. The third-order valence-electron chi connectivity index (χ3n) is 4.57. The third kappa shape index (κ3) is 3.72. The number of fused-ring (bicyclic) bond motifs is 1. The summed E-state index contributed by atoms with van der Waals surface area (Å²) in [7, 11) is 0. The van der Waals surface area contributed by atoms with Gasteiger partial charge >= 0.3 is 0 Å². The molecule has 7 nitrogen and oxygen atoms in total. The Hall–Kier alpha value is -3.42. The number of nitro groups is 1. The number of nitro benzene ring substituents is 1. The van der Waals surface area contributed by atoms with Crippen LogP contribution in [0.5, 0.6) is 0 Å². The topological polar surface area (TPSA) is 98.3 Å². The quantitative estimate of drug-likeness (QED) is 0.297. The van der Waals surface area contributed by atoms with Crippen molar-refractivity contribution in [2.75, 3.05) is 5.32 Å². The van der Waals surface area contributed by atoms with Crippen LogP contribution in [0.15, 0.2) is 59.0 Å². The van der Waals surface area contributed by atoms with Crippen molar-refractivity contribution >= 4 is 51.6 Å². The number of carbonyl (C=O) groups excluding carboxylic acids is 1.